The molecule has 0 heterocycles. The zero-order chi connectivity index (χ0) is 17.0. The Morgan fingerprint density at radius 2 is 1.08 bits per heavy atom. The van der Waals surface area contributed by atoms with Crippen molar-refractivity contribution in [1.29, 1.82) is 0 Å². The van der Waals surface area contributed by atoms with E-state index in [1.807, 2.05) is 48.5 Å². The number of hydrogen-bond acceptors (Lipinski definition) is 2. The van der Waals surface area contributed by atoms with Crippen LogP contribution in [0.25, 0.3) is 0 Å². The molecule has 3 aromatic rings. The second-order valence-electron chi connectivity index (χ2n) is 5.08. The summed E-state index contributed by atoms with van der Waals surface area (Å²) >= 11 is 0. The Kier molecular flexibility index (Phi) is 5.13. The maximum Gasteiger partial charge on any atom is 0.524 e. The molecule has 3 aromatic carbocycles. The summed E-state index contributed by atoms with van der Waals surface area (Å²) in [6.07, 6.45) is 0. The van der Waals surface area contributed by atoms with Gasteiger partial charge in [-0.15, -0.1) is 0 Å². The van der Waals surface area contributed by atoms with Crippen molar-refractivity contribution in [3.8, 4) is 5.75 Å². The van der Waals surface area contributed by atoms with Crippen molar-refractivity contribution in [2.45, 2.75) is 0 Å². The number of hydrogen-bond donors (Lipinski definition) is 2. The zero-order valence-corrected chi connectivity index (χ0v) is 14.5. The average Bonchev–Trinajstić information content (AvgIpc) is 2.57. The van der Waals surface area contributed by atoms with E-state index in [0.717, 1.165) is 5.30 Å². The highest BCUT2D eigenvalue weighted by atomic mass is 31.2. The monoisotopic (exact) mass is 358 g/mol. The highest BCUT2D eigenvalue weighted by Crippen LogP contribution is 2.38. The molecule has 0 radical (unpaired) electrons. The zero-order valence-electron chi connectivity index (χ0n) is 12.7. The lowest BCUT2D eigenvalue weighted by Gasteiger charge is -2.19. The third-order valence-corrected chi connectivity index (χ3v) is 6.24. The van der Waals surface area contributed by atoms with Gasteiger partial charge in [-0.3, -0.25) is 9.79 Å². The van der Waals surface area contributed by atoms with Crippen LogP contribution in [-0.4, -0.2) is 9.79 Å². The van der Waals surface area contributed by atoms with Crippen LogP contribution in [0, 0.1) is 0 Å². The normalized spacial score (nSPS) is 11.5. The van der Waals surface area contributed by atoms with Gasteiger partial charge >= 0.3 is 7.82 Å². The summed E-state index contributed by atoms with van der Waals surface area (Å²) in [5.41, 5.74) is 0. The topological polar surface area (TPSA) is 66.8 Å². The predicted octanol–water partition coefficient (Wildman–Crippen LogP) is 2.92. The molecule has 0 atom stereocenters. The van der Waals surface area contributed by atoms with Gasteiger partial charge in [0, 0.05) is 0 Å². The van der Waals surface area contributed by atoms with Gasteiger partial charge in [0.15, 0.2) is 0 Å². The van der Waals surface area contributed by atoms with Crippen LogP contribution in [0.4, 0.5) is 0 Å². The highest BCUT2D eigenvalue weighted by Gasteiger charge is 2.18. The number of phosphoric ester groups is 1. The third-order valence-electron chi connectivity index (χ3n) is 3.35. The summed E-state index contributed by atoms with van der Waals surface area (Å²) in [6.45, 7) is 0. The van der Waals surface area contributed by atoms with E-state index in [4.69, 9.17) is 9.79 Å². The van der Waals surface area contributed by atoms with E-state index in [1.165, 1.54) is 10.6 Å². The summed E-state index contributed by atoms with van der Waals surface area (Å²) in [5, 5.41) is 3.50. The summed E-state index contributed by atoms with van der Waals surface area (Å²) < 4.78 is 15.6. The third kappa shape index (κ3) is 4.31. The van der Waals surface area contributed by atoms with E-state index in [9.17, 15) is 4.57 Å². The number of rotatable bonds is 5. The van der Waals surface area contributed by atoms with Gasteiger partial charge in [-0.25, -0.2) is 4.57 Å². The Morgan fingerprint density at radius 3 is 1.50 bits per heavy atom. The number of benzene rings is 3. The second-order valence-corrected chi connectivity index (χ2v) is 8.47. The fourth-order valence-electron chi connectivity index (χ4n) is 2.39. The molecule has 0 saturated carbocycles. The average molecular weight is 358 g/mol. The van der Waals surface area contributed by atoms with Crippen LogP contribution >= 0.6 is 15.7 Å². The molecule has 0 aliphatic heterocycles. The first-order valence-corrected chi connectivity index (χ1v) is 10.2. The summed E-state index contributed by atoms with van der Waals surface area (Å²) in [4.78, 5) is 17.8. The molecule has 0 bridgehead atoms. The molecule has 0 aliphatic carbocycles. The van der Waals surface area contributed by atoms with Crippen LogP contribution in [0.1, 0.15) is 0 Å². The van der Waals surface area contributed by atoms with Gasteiger partial charge in [0.25, 0.3) is 0 Å². The first-order valence-electron chi connectivity index (χ1n) is 7.28. The van der Waals surface area contributed by atoms with E-state index in [1.54, 1.807) is 12.1 Å². The van der Waals surface area contributed by atoms with Crippen LogP contribution in [0.2, 0.25) is 0 Å². The van der Waals surface area contributed by atoms with Crippen molar-refractivity contribution in [2.75, 3.05) is 0 Å². The molecule has 0 aliphatic rings. The summed E-state index contributed by atoms with van der Waals surface area (Å²) in [5.74, 6) is 0.156. The molecular formula is C18H16O4P2. The van der Waals surface area contributed by atoms with Gasteiger partial charge < -0.3 is 4.52 Å². The van der Waals surface area contributed by atoms with Crippen molar-refractivity contribution in [3.63, 3.8) is 0 Å². The predicted molar refractivity (Wildman–Crippen MR) is 97.8 cm³/mol. The van der Waals surface area contributed by atoms with Gasteiger partial charge in [-0.05, 0) is 36.0 Å². The molecule has 122 valence electrons. The van der Waals surface area contributed by atoms with Gasteiger partial charge in [0.05, 0.1) is 0 Å². The molecule has 24 heavy (non-hydrogen) atoms. The van der Waals surface area contributed by atoms with Crippen LogP contribution in [0.3, 0.4) is 0 Å². The number of phosphoric acid groups is 1. The van der Waals surface area contributed by atoms with Crippen LogP contribution < -0.4 is 20.4 Å². The van der Waals surface area contributed by atoms with Gasteiger partial charge in [0.1, 0.15) is 5.75 Å². The molecule has 0 spiro atoms. The molecule has 0 saturated heterocycles. The van der Waals surface area contributed by atoms with Crippen molar-refractivity contribution in [2.24, 2.45) is 0 Å². The smallest absolute Gasteiger partial charge is 0.404 e. The molecule has 0 unspecified atom stereocenters. The minimum absolute atomic E-state index is 0.156. The van der Waals surface area contributed by atoms with Crippen molar-refractivity contribution >= 4 is 31.7 Å². The molecule has 0 fully saturated rings. The molecule has 3 rings (SSSR count). The Hall–Kier alpha value is -1.96. The minimum Gasteiger partial charge on any atom is -0.404 e. The molecule has 2 N–H and O–H groups in total. The van der Waals surface area contributed by atoms with Gasteiger partial charge in [-0.2, -0.15) is 0 Å². The first-order chi connectivity index (χ1) is 11.5. The molecule has 4 nitrogen and oxygen atoms in total. The second kappa shape index (κ2) is 7.29. The Morgan fingerprint density at radius 1 is 0.667 bits per heavy atom. The van der Waals surface area contributed by atoms with Crippen molar-refractivity contribution in [1.82, 2.24) is 0 Å². The van der Waals surface area contributed by atoms with Crippen LogP contribution in [0.15, 0.2) is 84.9 Å². The SMILES string of the molecule is O=P(O)(O)Oc1ccc(P(c2ccccc2)c2ccccc2)cc1. The summed E-state index contributed by atoms with van der Waals surface area (Å²) in [7, 11) is -5.28. The maximum absolute atomic E-state index is 10.9. The van der Waals surface area contributed by atoms with Gasteiger partial charge in [0.2, 0.25) is 0 Å². The lowest BCUT2D eigenvalue weighted by atomic mass is 10.3. The summed E-state index contributed by atoms with van der Waals surface area (Å²) in [6, 6.07) is 27.3. The van der Waals surface area contributed by atoms with Crippen LogP contribution in [-0.2, 0) is 4.57 Å². The van der Waals surface area contributed by atoms with Crippen molar-refractivity contribution < 1.29 is 18.9 Å². The largest absolute Gasteiger partial charge is 0.524 e. The van der Waals surface area contributed by atoms with E-state index < -0.39 is 15.7 Å². The Bertz CT molecular complexity index is 790. The van der Waals surface area contributed by atoms with E-state index in [2.05, 4.69) is 28.8 Å². The van der Waals surface area contributed by atoms with E-state index in [0.29, 0.717) is 0 Å². The Labute approximate surface area is 141 Å². The first kappa shape index (κ1) is 16.9. The lowest BCUT2D eigenvalue weighted by molar-refractivity contribution is 0.283. The van der Waals surface area contributed by atoms with E-state index >= 15 is 0 Å². The maximum atomic E-state index is 10.9. The van der Waals surface area contributed by atoms with Crippen LogP contribution in [0.5, 0.6) is 5.75 Å². The Balaban J connectivity index is 1.99. The molecule has 0 amide bonds. The minimum atomic E-state index is -4.54. The fraction of sp³-hybridized carbons (Fsp3) is 0. The van der Waals surface area contributed by atoms with Gasteiger partial charge in [-0.1, -0.05) is 72.8 Å². The molecular weight excluding hydrogens is 342 g/mol. The lowest BCUT2D eigenvalue weighted by Crippen LogP contribution is -2.20. The molecule has 0 aromatic heterocycles. The molecule has 6 heteroatoms. The standard InChI is InChI=1S/C18H16O4P2/c19-24(20,21)22-15-11-13-18(14-12-15)23(16-7-3-1-4-8-16)17-9-5-2-6-10-17/h1-14H,(H2,19,20,21). The quantitative estimate of drug-likeness (QED) is 0.689. The van der Waals surface area contributed by atoms with E-state index in [-0.39, 0.29) is 5.75 Å². The highest BCUT2D eigenvalue weighted by molar-refractivity contribution is 7.79. The van der Waals surface area contributed by atoms with Crippen molar-refractivity contribution in [3.05, 3.63) is 84.9 Å². The fourth-order valence-corrected chi connectivity index (χ4v) is 5.07.